The second-order valence-corrected chi connectivity index (χ2v) is 7.79. The van der Waals surface area contributed by atoms with Gasteiger partial charge >= 0.3 is 0 Å². The van der Waals surface area contributed by atoms with Gasteiger partial charge in [0.05, 0.1) is 16.3 Å². The number of aryl methyl sites for hydroxylation is 2. The van der Waals surface area contributed by atoms with Crippen LogP contribution >= 0.6 is 0 Å². The minimum atomic E-state index is -3.66. The molecule has 0 radical (unpaired) electrons. The van der Waals surface area contributed by atoms with Crippen molar-refractivity contribution in [1.29, 1.82) is 0 Å². The van der Waals surface area contributed by atoms with Crippen LogP contribution in [0.25, 0.3) is 0 Å². The largest absolute Gasteiger partial charge is 0.368 e. The lowest BCUT2D eigenvalue weighted by molar-refractivity contribution is 0.597. The number of rotatable bonds is 5. The molecule has 0 amide bonds. The van der Waals surface area contributed by atoms with E-state index in [1.54, 1.807) is 24.3 Å². The Bertz CT molecular complexity index is 861. The smallest absolute Gasteiger partial charge is 0.245 e. The van der Waals surface area contributed by atoms with Crippen LogP contribution < -0.4 is 14.9 Å². The van der Waals surface area contributed by atoms with Crippen molar-refractivity contribution >= 4 is 21.7 Å². The number of hydrogen-bond acceptors (Lipinski definition) is 7. The van der Waals surface area contributed by atoms with E-state index in [0.717, 1.165) is 56.1 Å². The predicted octanol–water partition coefficient (Wildman–Crippen LogP) is 0.970. The van der Waals surface area contributed by atoms with Crippen molar-refractivity contribution in [1.82, 2.24) is 15.2 Å². The van der Waals surface area contributed by atoms with Gasteiger partial charge in [0.1, 0.15) is 0 Å². The Morgan fingerprint density at radius 3 is 2.04 bits per heavy atom. The van der Waals surface area contributed by atoms with Crippen LogP contribution in [-0.2, 0) is 22.9 Å². The van der Waals surface area contributed by atoms with Gasteiger partial charge in [-0.15, -0.1) is 5.10 Å². The van der Waals surface area contributed by atoms with E-state index in [0.29, 0.717) is 5.95 Å². The molecular weight excluding hydrogens is 352 g/mol. The normalized spacial score (nSPS) is 15.3. The fraction of sp³-hybridized carbons (Fsp3) is 0.471. The topological polar surface area (TPSA) is 105 Å². The number of sulfonamides is 1. The Hall–Kier alpha value is -2.26. The van der Waals surface area contributed by atoms with Gasteiger partial charge in [0.2, 0.25) is 16.0 Å². The minimum absolute atomic E-state index is 0.127. The number of hydrogen-bond donors (Lipinski definition) is 1. The summed E-state index contributed by atoms with van der Waals surface area (Å²) in [6.07, 6.45) is 1.69. The maximum Gasteiger partial charge on any atom is 0.245 e. The second-order valence-electron chi connectivity index (χ2n) is 6.23. The highest BCUT2D eigenvalue weighted by molar-refractivity contribution is 7.89. The van der Waals surface area contributed by atoms with Crippen LogP contribution in [0, 0.1) is 0 Å². The van der Waals surface area contributed by atoms with Crippen LogP contribution in [0.15, 0.2) is 29.2 Å². The highest BCUT2D eigenvalue weighted by Crippen LogP contribution is 2.20. The fourth-order valence-corrected chi connectivity index (χ4v) is 3.59. The molecule has 1 aliphatic rings. The van der Waals surface area contributed by atoms with Gasteiger partial charge in [0, 0.05) is 31.9 Å². The number of benzene rings is 1. The number of primary sulfonamides is 1. The molecule has 140 valence electrons. The van der Waals surface area contributed by atoms with Crippen LogP contribution in [0.3, 0.4) is 0 Å². The van der Waals surface area contributed by atoms with Crippen molar-refractivity contribution < 1.29 is 8.42 Å². The third-order valence-electron chi connectivity index (χ3n) is 4.59. The van der Waals surface area contributed by atoms with Gasteiger partial charge in [-0.3, -0.25) is 0 Å². The summed E-state index contributed by atoms with van der Waals surface area (Å²) in [6.45, 7) is 7.31. The van der Waals surface area contributed by atoms with Crippen molar-refractivity contribution in [3.05, 3.63) is 35.7 Å². The summed E-state index contributed by atoms with van der Waals surface area (Å²) >= 11 is 0. The molecule has 0 saturated carbocycles. The summed E-state index contributed by atoms with van der Waals surface area (Å²) in [5, 5.41) is 13.7. The quantitative estimate of drug-likeness (QED) is 0.829. The minimum Gasteiger partial charge on any atom is -0.368 e. The Balaban J connectivity index is 1.67. The molecular formula is C17H24N6O2S. The van der Waals surface area contributed by atoms with Crippen LogP contribution in [0.1, 0.15) is 25.2 Å². The zero-order valence-electron chi connectivity index (χ0n) is 15.1. The van der Waals surface area contributed by atoms with Gasteiger partial charge in [0.25, 0.3) is 0 Å². The molecule has 0 unspecified atom stereocenters. The van der Waals surface area contributed by atoms with Crippen molar-refractivity contribution in [2.75, 3.05) is 36.0 Å². The summed E-state index contributed by atoms with van der Waals surface area (Å²) < 4.78 is 22.7. The van der Waals surface area contributed by atoms with Gasteiger partial charge < -0.3 is 9.80 Å². The zero-order chi connectivity index (χ0) is 18.7. The lowest BCUT2D eigenvalue weighted by Gasteiger charge is -2.36. The van der Waals surface area contributed by atoms with Crippen molar-refractivity contribution in [3.63, 3.8) is 0 Å². The third-order valence-corrected chi connectivity index (χ3v) is 5.52. The SMILES string of the molecule is CCc1nnc(N2CCN(c3ccc(S(N)(=O)=O)cc3)CC2)nc1CC. The maximum absolute atomic E-state index is 11.4. The van der Waals surface area contributed by atoms with Gasteiger partial charge in [-0.05, 0) is 37.1 Å². The Morgan fingerprint density at radius 2 is 1.50 bits per heavy atom. The van der Waals surface area contributed by atoms with Crippen LogP contribution in [0.2, 0.25) is 0 Å². The lowest BCUT2D eigenvalue weighted by Crippen LogP contribution is -2.47. The highest BCUT2D eigenvalue weighted by Gasteiger charge is 2.21. The monoisotopic (exact) mass is 376 g/mol. The van der Waals surface area contributed by atoms with Crippen LogP contribution in [0.5, 0.6) is 0 Å². The van der Waals surface area contributed by atoms with E-state index in [4.69, 9.17) is 5.14 Å². The van der Waals surface area contributed by atoms with Crippen molar-refractivity contribution in [3.8, 4) is 0 Å². The van der Waals surface area contributed by atoms with Gasteiger partial charge in [0.15, 0.2) is 0 Å². The fourth-order valence-electron chi connectivity index (χ4n) is 3.07. The first kappa shape index (κ1) is 18.5. The number of nitrogens with zero attached hydrogens (tertiary/aromatic N) is 5. The number of anilines is 2. The second kappa shape index (κ2) is 7.55. The molecule has 2 aromatic rings. The van der Waals surface area contributed by atoms with Crippen LogP contribution in [0.4, 0.5) is 11.6 Å². The molecule has 0 spiro atoms. The summed E-state index contributed by atoms with van der Waals surface area (Å²) in [5.74, 6) is 0.684. The molecule has 3 rings (SSSR count). The van der Waals surface area contributed by atoms with E-state index in [-0.39, 0.29) is 4.90 Å². The molecule has 1 aromatic heterocycles. The highest BCUT2D eigenvalue weighted by atomic mass is 32.2. The number of aromatic nitrogens is 3. The standard InChI is InChI=1S/C17H24N6O2S/c1-3-15-16(4-2)20-21-17(19-15)23-11-9-22(10-12-23)13-5-7-14(8-6-13)26(18,24)25/h5-8H,3-4,9-12H2,1-2H3,(H2,18,24,25). The van der Waals surface area contributed by atoms with E-state index in [1.807, 2.05) is 0 Å². The molecule has 1 aliphatic heterocycles. The first-order valence-electron chi connectivity index (χ1n) is 8.77. The van der Waals surface area contributed by atoms with Crippen molar-refractivity contribution in [2.45, 2.75) is 31.6 Å². The molecule has 2 N–H and O–H groups in total. The molecule has 9 heteroatoms. The molecule has 2 heterocycles. The average molecular weight is 376 g/mol. The predicted molar refractivity (Wildman–Crippen MR) is 101 cm³/mol. The first-order valence-corrected chi connectivity index (χ1v) is 10.3. The van der Waals surface area contributed by atoms with Gasteiger partial charge in [-0.2, -0.15) is 5.10 Å². The molecule has 8 nitrogen and oxygen atoms in total. The van der Waals surface area contributed by atoms with E-state index in [2.05, 4.69) is 38.8 Å². The molecule has 0 atom stereocenters. The van der Waals surface area contributed by atoms with E-state index in [9.17, 15) is 8.42 Å². The summed E-state index contributed by atoms with van der Waals surface area (Å²) in [5.41, 5.74) is 2.95. The molecule has 0 bridgehead atoms. The van der Waals surface area contributed by atoms with Crippen molar-refractivity contribution in [2.24, 2.45) is 5.14 Å². The zero-order valence-corrected chi connectivity index (χ0v) is 15.9. The van der Waals surface area contributed by atoms with E-state index in [1.165, 1.54) is 0 Å². The Morgan fingerprint density at radius 1 is 0.923 bits per heavy atom. The Kier molecular flexibility index (Phi) is 5.38. The lowest BCUT2D eigenvalue weighted by atomic mass is 10.2. The van der Waals surface area contributed by atoms with Gasteiger partial charge in [-0.25, -0.2) is 18.5 Å². The van der Waals surface area contributed by atoms with E-state index >= 15 is 0 Å². The third kappa shape index (κ3) is 3.94. The van der Waals surface area contributed by atoms with Gasteiger partial charge in [-0.1, -0.05) is 13.8 Å². The number of nitrogens with two attached hydrogens (primary N) is 1. The maximum atomic E-state index is 11.4. The Labute approximate surface area is 154 Å². The van der Waals surface area contributed by atoms with E-state index < -0.39 is 10.0 Å². The molecule has 0 aliphatic carbocycles. The molecule has 1 fully saturated rings. The summed E-state index contributed by atoms with van der Waals surface area (Å²) in [4.78, 5) is 9.15. The molecule has 1 aromatic carbocycles. The molecule has 1 saturated heterocycles. The summed E-state index contributed by atoms with van der Waals surface area (Å²) in [7, 11) is -3.66. The summed E-state index contributed by atoms with van der Waals surface area (Å²) in [6, 6.07) is 6.67. The molecule has 26 heavy (non-hydrogen) atoms. The number of piperazine rings is 1. The average Bonchev–Trinajstić information content (AvgIpc) is 2.67. The van der Waals surface area contributed by atoms with Crippen LogP contribution in [-0.4, -0.2) is 49.8 Å². The first-order chi connectivity index (χ1) is 12.4.